The van der Waals surface area contributed by atoms with Gasteiger partial charge in [0.2, 0.25) is 0 Å². The Morgan fingerprint density at radius 2 is 1.38 bits per heavy atom. The Hall–Kier alpha value is -1.18. The minimum atomic E-state index is -0.224. The summed E-state index contributed by atoms with van der Waals surface area (Å²) in [6.07, 6.45) is 0. The van der Waals surface area contributed by atoms with Crippen molar-refractivity contribution < 1.29 is 0 Å². The Kier molecular flexibility index (Phi) is 2.23. The van der Waals surface area contributed by atoms with Gasteiger partial charge in [-0.15, -0.1) is 0 Å². The zero-order chi connectivity index (χ0) is 12.0. The minimum Gasteiger partial charge on any atom is -0.186 e. The van der Waals surface area contributed by atoms with Crippen molar-refractivity contribution in [1.82, 2.24) is 0 Å². The second kappa shape index (κ2) is 3.16. The van der Waals surface area contributed by atoms with Crippen molar-refractivity contribution in [3.05, 3.63) is 35.9 Å². The van der Waals surface area contributed by atoms with E-state index < -0.39 is 0 Å². The predicted octanol–water partition coefficient (Wildman–Crippen LogP) is 4.17. The van der Waals surface area contributed by atoms with Gasteiger partial charge in [-0.05, 0) is 26.3 Å². The molecule has 2 heteroatoms. The van der Waals surface area contributed by atoms with E-state index >= 15 is 0 Å². The van der Waals surface area contributed by atoms with E-state index in [2.05, 4.69) is 69.1 Å². The van der Waals surface area contributed by atoms with Crippen LogP contribution in [0, 0.1) is 5.41 Å². The summed E-state index contributed by atoms with van der Waals surface area (Å²) in [4.78, 5) is 0. The Balaban J connectivity index is 2.54. The average Bonchev–Trinajstić information content (AvgIpc) is 2.41. The smallest absolute Gasteiger partial charge is 0.111 e. The molecule has 1 aliphatic rings. The van der Waals surface area contributed by atoms with Crippen LogP contribution in [0.25, 0.3) is 0 Å². The van der Waals surface area contributed by atoms with Crippen LogP contribution in [0.5, 0.6) is 0 Å². The maximum atomic E-state index is 4.57. The summed E-state index contributed by atoms with van der Waals surface area (Å²) in [6.45, 7) is 11.0. The summed E-state index contributed by atoms with van der Waals surface area (Å²) in [5.41, 5.74) is 0.922. The lowest BCUT2D eigenvalue weighted by atomic mass is 9.62. The van der Waals surface area contributed by atoms with Crippen molar-refractivity contribution in [2.75, 3.05) is 0 Å². The monoisotopic (exact) mass is 216 g/mol. The highest BCUT2D eigenvalue weighted by molar-refractivity contribution is 5.30. The van der Waals surface area contributed by atoms with E-state index in [4.69, 9.17) is 0 Å². The van der Waals surface area contributed by atoms with E-state index in [9.17, 15) is 0 Å². The number of benzene rings is 1. The van der Waals surface area contributed by atoms with Crippen LogP contribution in [0.3, 0.4) is 0 Å². The number of nitrogens with zero attached hydrogens (tertiary/aromatic N) is 2. The minimum absolute atomic E-state index is 0.0152. The molecule has 0 saturated heterocycles. The lowest BCUT2D eigenvalue weighted by Crippen LogP contribution is -2.46. The molecule has 16 heavy (non-hydrogen) atoms. The maximum Gasteiger partial charge on any atom is 0.111 e. The summed E-state index contributed by atoms with van der Waals surface area (Å²) in [7, 11) is 0. The molecule has 86 valence electrons. The summed E-state index contributed by atoms with van der Waals surface area (Å²) in [5, 5.41) is 9.04. The molecule has 0 aromatic heterocycles. The van der Waals surface area contributed by atoms with Crippen molar-refractivity contribution in [3.63, 3.8) is 0 Å². The van der Waals surface area contributed by atoms with Gasteiger partial charge in [-0.1, -0.05) is 44.2 Å². The molecule has 1 heterocycles. The Morgan fingerprint density at radius 1 is 0.812 bits per heavy atom. The fourth-order valence-corrected chi connectivity index (χ4v) is 2.25. The first-order valence-corrected chi connectivity index (χ1v) is 5.81. The molecular weight excluding hydrogens is 196 g/mol. The van der Waals surface area contributed by atoms with Crippen LogP contribution in [0.15, 0.2) is 40.6 Å². The number of hydrogen-bond donors (Lipinski definition) is 0. The summed E-state index contributed by atoms with van der Waals surface area (Å²) < 4.78 is 0. The van der Waals surface area contributed by atoms with Gasteiger partial charge in [0.1, 0.15) is 5.54 Å². The van der Waals surface area contributed by atoms with Gasteiger partial charge in [0.25, 0.3) is 0 Å². The van der Waals surface area contributed by atoms with E-state index in [1.165, 1.54) is 5.56 Å². The molecule has 2 rings (SSSR count). The maximum absolute atomic E-state index is 4.57. The summed E-state index contributed by atoms with van der Waals surface area (Å²) in [6, 6.07) is 10.5. The lowest BCUT2D eigenvalue weighted by molar-refractivity contribution is 0.138. The third-order valence-corrected chi connectivity index (χ3v) is 4.58. The second-order valence-corrected chi connectivity index (χ2v) is 5.82. The van der Waals surface area contributed by atoms with Crippen LogP contribution in [-0.4, -0.2) is 5.54 Å². The highest BCUT2D eigenvalue weighted by atomic mass is 15.3. The topological polar surface area (TPSA) is 24.7 Å². The molecule has 0 bridgehead atoms. The van der Waals surface area contributed by atoms with Gasteiger partial charge in [-0.3, -0.25) is 0 Å². The Labute approximate surface area is 97.8 Å². The molecule has 0 spiro atoms. The molecule has 0 unspecified atom stereocenters. The van der Waals surface area contributed by atoms with Gasteiger partial charge < -0.3 is 0 Å². The fraction of sp³-hybridized carbons (Fsp3) is 0.571. The van der Waals surface area contributed by atoms with E-state index in [1.54, 1.807) is 0 Å². The van der Waals surface area contributed by atoms with Crippen molar-refractivity contribution in [2.45, 2.75) is 45.7 Å². The van der Waals surface area contributed by atoms with Crippen LogP contribution in [0.1, 0.15) is 40.2 Å². The van der Waals surface area contributed by atoms with E-state index in [-0.39, 0.29) is 16.5 Å². The molecule has 2 nitrogen and oxygen atoms in total. The van der Waals surface area contributed by atoms with Gasteiger partial charge in [-0.25, -0.2) is 0 Å². The summed E-state index contributed by atoms with van der Waals surface area (Å²) in [5.74, 6) is 0. The van der Waals surface area contributed by atoms with Crippen LogP contribution < -0.4 is 0 Å². The number of hydrogen-bond acceptors (Lipinski definition) is 2. The molecule has 0 N–H and O–H groups in total. The largest absolute Gasteiger partial charge is 0.186 e. The average molecular weight is 216 g/mol. The van der Waals surface area contributed by atoms with Crippen molar-refractivity contribution in [2.24, 2.45) is 15.6 Å². The van der Waals surface area contributed by atoms with Crippen LogP contribution in [-0.2, 0) is 5.54 Å². The zero-order valence-corrected chi connectivity index (χ0v) is 10.8. The molecule has 1 atom stereocenters. The summed E-state index contributed by atoms with van der Waals surface area (Å²) >= 11 is 0. The van der Waals surface area contributed by atoms with Gasteiger partial charge in [0.05, 0.1) is 5.54 Å². The quantitative estimate of drug-likeness (QED) is 0.673. The third-order valence-electron chi connectivity index (χ3n) is 4.58. The molecule has 0 fully saturated rings. The molecule has 1 aromatic rings. The fourth-order valence-electron chi connectivity index (χ4n) is 2.25. The van der Waals surface area contributed by atoms with Gasteiger partial charge in [0, 0.05) is 5.41 Å². The molecule has 0 aliphatic carbocycles. The SMILES string of the molecule is CC1(C)N=N[C@@](C)(c2ccccc2)C1(C)C. The third kappa shape index (κ3) is 1.25. The molecule has 1 aliphatic heterocycles. The highest BCUT2D eigenvalue weighted by Gasteiger charge is 2.56. The molecule has 0 amide bonds. The molecular formula is C14H20N2. The molecule has 0 radical (unpaired) electrons. The Bertz CT molecular complexity index is 418. The Morgan fingerprint density at radius 3 is 1.81 bits per heavy atom. The van der Waals surface area contributed by atoms with Crippen molar-refractivity contribution >= 4 is 0 Å². The van der Waals surface area contributed by atoms with Gasteiger partial charge in [-0.2, -0.15) is 10.2 Å². The highest BCUT2D eigenvalue weighted by Crippen LogP contribution is 2.55. The van der Waals surface area contributed by atoms with Crippen molar-refractivity contribution in [1.29, 1.82) is 0 Å². The lowest BCUT2D eigenvalue weighted by Gasteiger charge is -2.42. The first-order valence-electron chi connectivity index (χ1n) is 5.81. The second-order valence-electron chi connectivity index (χ2n) is 5.82. The molecule has 1 aromatic carbocycles. The first-order chi connectivity index (χ1) is 7.31. The van der Waals surface area contributed by atoms with E-state index in [0.29, 0.717) is 0 Å². The van der Waals surface area contributed by atoms with Crippen LogP contribution in [0.4, 0.5) is 0 Å². The number of azo groups is 1. The van der Waals surface area contributed by atoms with E-state index in [1.807, 2.05) is 6.07 Å². The predicted molar refractivity (Wildman–Crippen MR) is 66.5 cm³/mol. The van der Waals surface area contributed by atoms with Gasteiger partial charge >= 0.3 is 0 Å². The standard InChI is InChI=1S/C14H20N2/c1-12(2)13(3,4)15-16-14(12,5)11-9-7-6-8-10-11/h6-10H,1-5H3/t14-/m0/s1. The molecule has 0 saturated carbocycles. The van der Waals surface area contributed by atoms with Gasteiger partial charge in [0.15, 0.2) is 0 Å². The number of rotatable bonds is 1. The zero-order valence-electron chi connectivity index (χ0n) is 10.8. The van der Waals surface area contributed by atoms with Crippen molar-refractivity contribution in [3.8, 4) is 0 Å². The van der Waals surface area contributed by atoms with Crippen LogP contribution in [0.2, 0.25) is 0 Å². The van der Waals surface area contributed by atoms with Crippen LogP contribution >= 0.6 is 0 Å². The van der Waals surface area contributed by atoms with E-state index in [0.717, 1.165) is 0 Å². The first kappa shape index (κ1) is 11.3. The normalized spacial score (nSPS) is 30.6.